The number of nitrogens with zero attached hydrogens (tertiary/aromatic N) is 1. The van der Waals surface area contributed by atoms with Crippen molar-refractivity contribution in [1.29, 1.82) is 0 Å². The van der Waals surface area contributed by atoms with Gasteiger partial charge in [0.25, 0.3) is 0 Å². The number of aliphatic hydroxyl groups excluding tert-OH is 1. The van der Waals surface area contributed by atoms with E-state index < -0.39 is 6.10 Å². The van der Waals surface area contributed by atoms with Gasteiger partial charge in [-0.2, -0.15) is 0 Å². The fraction of sp³-hybridized carbons (Fsp3) is 0.484. The zero-order chi connectivity index (χ0) is 27.0. The van der Waals surface area contributed by atoms with Crippen molar-refractivity contribution in [1.82, 2.24) is 20.5 Å². The Hall–Kier alpha value is -3.20. The number of hydrogen-bond donors (Lipinski definition) is 4. The van der Waals surface area contributed by atoms with Crippen LogP contribution in [0.4, 0.5) is 0 Å². The van der Waals surface area contributed by atoms with Gasteiger partial charge in [-0.25, -0.2) is 0 Å². The number of fused-ring (bicyclic) bond motifs is 1. The highest BCUT2D eigenvalue weighted by Gasteiger charge is 2.30. The number of rotatable bonds is 11. The van der Waals surface area contributed by atoms with Gasteiger partial charge in [-0.05, 0) is 68.5 Å². The van der Waals surface area contributed by atoms with Crippen molar-refractivity contribution >= 4 is 16.8 Å². The molecule has 8 heteroatoms. The number of nitrogens with one attached hydrogen (secondary N) is 3. The summed E-state index contributed by atoms with van der Waals surface area (Å²) >= 11 is 0. The van der Waals surface area contributed by atoms with Crippen molar-refractivity contribution in [2.45, 2.75) is 57.3 Å². The van der Waals surface area contributed by atoms with Crippen LogP contribution in [-0.4, -0.2) is 59.7 Å². The van der Waals surface area contributed by atoms with Crippen LogP contribution in [0.15, 0.2) is 59.4 Å². The maximum absolute atomic E-state index is 12.7. The summed E-state index contributed by atoms with van der Waals surface area (Å²) in [5.74, 6) is 0.742. The predicted octanol–water partition coefficient (Wildman–Crippen LogP) is 3.50. The van der Waals surface area contributed by atoms with Gasteiger partial charge in [-0.15, -0.1) is 0 Å². The maximum Gasteiger partial charge on any atom is 0.248 e. The number of carbonyl (C=O) groups excluding carboxylic acids is 1. The second-order valence-corrected chi connectivity index (χ2v) is 10.9. The number of aromatic nitrogens is 1. The summed E-state index contributed by atoms with van der Waals surface area (Å²) in [6.07, 6.45) is 5.63. The van der Waals surface area contributed by atoms with Crippen LogP contribution in [0.3, 0.4) is 0 Å². The molecule has 3 aromatic rings. The number of likely N-dealkylation sites (tertiary alicyclic amines) is 1. The summed E-state index contributed by atoms with van der Waals surface area (Å²) in [6.45, 7) is 4.68. The van der Waals surface area contributed by atoms with Crippen LogP contribution in [0.25, 0.3) is 10.9 Å². The van der Waals surface area contributed by atoms with Gasteiger partial charge < -0.3 is 30.4 Å². The first kappa shape index (κ1) is 27.4. The van der Waals surface area contributed by atoms with Crippen molar-refractivity contribution in [3.63, 3.8) is 0 Å². The highest BCUT2D eigenvalue weighted by Crippen LogP contribution is 2.31. The molecule has 208 valence electrons. The molecular formula is C31H40N4O4. The van der Waals surface area contributed by atoms with Crippen molar-refractivity contribution in [2.24, 2.45) is 5.92 Å². The van der Waals surface area contributed by atoms with E-state index in [2.05, 4.69) is 20.5 Å². The van der Waals surface area contributed by atoms with Crippen molar-refractivity contribution < 1.29 is 14.6 Å². The van der Waals surface area contributed by atoms with Crippen molar-refractivity contribution in [2.75, 3.05) is 32.7 Å². The molecule has 1 saturated carbocycles. The van der Waals surface area contributed by atoms with E-state index in [0.717, 1.165) is 55.4 Å². The average Bonchev–Trinajstić information content (AvgIpc) is 3.45. The lowest BCUT2D eigenvalue weighted by Gasteiger charge is -2.26. The molecule has 2 heterocycles. The minimum atomic E-state index is -0.765. The fourth-order valence-corrected chi connectivity index (χ4v) is 5.85. The molecule has 2 aliphatic rings. The number of ether oxygens (including phenoxy) is 1. The first-order valence-electron chi connectivity index (χ1n) is 14.3. The number of carbonyl (C=O) groups is 1. The molecule has 2 aromatic carbocycles. The Morgan fingerprint density at radius 3 is 2.69 bits per heavy atom. The minimum absolute atomic E-state index is 0.0213. The highest BCUT2D eigenvalue weighted by molar-refractivity contribution is 5.87. The van der Waals surface area contributed by atoms with Gasteiger partial charge in [0.1, 0.15) is 12.4 Å². The van der Waals surface area contributed by atoms with E-state index in [0.29, 0.717) is 31.0 Å². The van der Waals surface area contributed by atoms with Crippen molar-refractivity contribution in [3.05, 3.63) is 76.1 Å². The molecule has 0 unspecified atom stereocenters. The number of H-pyrrole nitrogens is 1. The fourth-order valence-electron chi connectivity index (χ4n) is 5.85. The number of amides is 1. The standard InChI is InChI=1S/C31H40N4O4/c36-27(20-33-24-10-9-23(19-24)31(38)32-15-18-35-16-5-2-6-17-35)25-11-13-28(30-26(25)12-14-29(37)34-30)39-21-22-7-3-1-4-8-22/h1,3-4,7-8,11-14,23-24,27,33,36H,2,5-6,9-10,15-21H2,(H,32,38)(H,34,37)/t23-,24+,27+/m1/s1. The van der Waals surface area contributed by atoms with E-state index in [1.54, 1.807) is 12.1 Å². The molecule has 1 aromatic heterocycles. The lowest BCUT2D eigenvalue weighted by Crippen LogP contribution is -2.39. The smallest absolute Gasteiger partial charge is 0.248 e. The molecule has 0 radical (unpaired) electrons. The van der Waals surface area contributed by atoms with E-state index >= 15 is 0 Å². The molecule has 4 N–H and O–H groups in total. The van der Waals surface area contributed by atoms with Crippen LogP contribution in [0.2, 0.25) is 0 Å². The van der Waals surface area contributed by atoms with Crippen LogP contribution in [0.1, 0.15) is 55.8 Å². The molecule has 1 aliphatic heterocycles. The van der Waals surface area contributed by atoms with Gasteiger partial charge in [-0.1, -0.05) is 42.8 Å². The third-order valence-corrected chi connectivity index (χ3v) is 8.07. The van der Waals surface area contributed by atoms with E-state index in [1.165, 1.54) is 25.3 Å². The number of pyridine rings is 1. The second kappa shape index (κ2) is 13.2. The molecule has 1 amide bonds. The third kappa shape index (κ3) is 7.26. The van der Waals surface area contributed by atoms with Crippen LogP contribution in [-0.2, 0) is 11.4 Å². The quantitative estimate of drug-likeness (QED) is 0.301. The van der Waals surface area contributed by atoms with Gasteiger partial charge in [0.05, 0.1) is 11.6 Å². The molecule has 1 aliphatic carbocycles. The Morgan fingerprint density at radius 1 is 1.05 bits per heavy atom. The summed E-state index contributed by atoms with van der Waals surface area (Å²) < 4.78 is 6.02. The lowest BCUT2D eigenvalue weighted by atomic mass is 10.0. The SMILES string of the molecule is O=C(NCCN1CCCCC1)[C@@H]1CC[C@H](NC[C@H](O)c2ccc(OCc3ccccc3)c3[nH]c(=O)ccc23)C1. The second-order valence-electron chi connectivity index (χ2n) is 10.9. The summed E-state index contributed by atoms with van der Waals surface area (Å²) in [6, 6.07) is 16.9. The van der Waals surface area contributed by atoms with E-state index in [9.17, 15) is 14.7 Å². The van der Waals surface area contributed by atoms with Crippen LogP contribution in [0, 0.1) is 5.92 Å². The Labute approximate surface area is 229 Å². The van der Waals surface area contributed by atoms with E-state index in [-0.39, 0.29) is 23.4 Å². The Bertz CT molecular complexity index is 1290. The molecule has 5 rings (SSSR count). The summed E-state index contributed by atoms with van der Waals surface area (Å²) in [4.78, 5) is 30.1. The molecule has 39 heavy (non-hydrogen) atoms. The zero-order valence-electron chi connectivity index (χ0n) is 22.5. The third-order valence-electron chi connectivity index (χ3n) is 8.07. The lowest BCUT2D eigenvalue weighted by molar-refractivity contribution is -0.124. The topological polar surface area (TPSA) is 107 Å². The molecular weight excluding hydrogens is 492 g/mol. The van der Waals surface area contributed by atoms with Gasteiger partial charge >= 0.3 is 0 Å². The van der Waals surface area contributed by atoms with Gasteiger partial charge in [0.15, 0.2) is 0 Å². The number of aliphatic hydroxyl groups is 1. The van der Waals surface area contributed by atoms with Crippen LogP contribution >= 0.6 is 0 Å². The first-order valence-corrected chi connectivity index (χ1v) is 14.3. The molecule has 2 fully saturated rings. The predicted molar refractivity (Wildman–Crippen MR) is 153 cm³/mol. The zero-order valence-corrected chi connectivity index (χ0v) is 22.5. The molecule has 0 spiro atoms. The van der Waals surface area contributed by atoms with Crippen LogP contribution < -0.4 is 20.9 Å². The average molecular weight is 533 g/mol. The van der Waals surface area contributed by atoms with E-state index in [1.807, 2.05) is 36.4 Å². The number of hydrogen-bond acceptors (Lipinski definition) is 6. The monoisotopic (exact) mass is 532 g/mol. The number of aromatic amines is 1. The largest absolute Gasteiger partial charge is 0.487 e. The maximum atomic E-state index is 12.7. The number of piperidine rings is 1. The summed E-state index contributed by atoms with van der Waals surface area (Å²) in [5, 5.41) is 18.4. The van der Waals surface area contributed by atoms with Gasteiger partial charge in [0.2, 0.25) is 11.5 Å². The highest BCUT2D eigenvalue weighted by atomic mass is 16.5. The normalized spacial score (nSPS) is 20.6. The summed E-state index contributed by atoms with van der Waals surface area (Å²) in [5.41, 5.74) is 2.12. The first-order chi connectivity index (χ1) is 19.1. The molecule has 0 bridgehead atoms. The summed E-state index contributed by atoms with van der Waals surface area (Å²) in [7, 11) is 0. The Morgan fingerprint density at radius 2 is 1.87 bits per heavy atom. The minimum Gasteiger partial charge on any atom is -0.487 e. The molecule has 1 saturated heterocycles. The molecule has 8 nitrogen and oxygen atoms in total. The molecule has 3 atom stereocenters. The Kier molecular flexibility index (Phi) is 9.29. The number of benzene rings is 2. The Balaban J connectivity index is 1.14. The van der Waals surface area contributed by atoms with Gasteiger partial charge in [-0.3, -0.25) is 9.59 Å². The van der Waals surface area contributed by atoms with Crippen LogP contribution in [0.5, 0.6) is 5.75 Å². The van der Waals surface area contributed by atoms with Crippen molar-refractivity contribution in [3.8, 4) is 5.75 Å². The van der Waals surface area contributed by atoms with E-state index in [4.69, 9.17) is 4.74 Å². The van der Waals surface area contributed by atoms with Gasteiger partial charge in [0, 0.05) is 43.0 Å².